The lowest BCUT2D eigenvalue weighted by molar-refractivity contribution is 0.111. The number of hydrogen-bond acceptors (Lipinski definition) is 2. The van der Waals surface area contributed by atoms with Gasteiger partial charge in [0.05, 0.1) is 0 Å². The van der Waals surface area contributed by atoms with Crippen molar-refractivity contribution in [3.05, 3.63) is 65.5 Å². The maximum atomic E-state index is 10.6. The zero-order valence-electron chi connectivity index (χ0n) is 8.97. The molecule has 2 aromatic rings. The summed E-state index contributed by atoms with van der Waals surface area (Å²) in [6, 6.07) is 15.8. The lowest BCUT2D eigenvalue weighted by Gasteiger charge is -2.01. The predicted octanol–water partition coefficient (Wildman–Crippen LogP) is 2.68. The molecule has 1 aromatic heterocycles. The van der Waals surface area contributed by atoms with Crippen LogP contribution in [0.25, 0.3) is 0 Å². The second-order valence-corrected chi connectivity index (χ2v) is 3.66. The third-order valence-electron chi connectivity index (χ3n) is 2.46. The molecule has 0 spiro atoms. The Kier molecular flexibility index (Phi) is 3.44. The van der Waals surface area contributed by atoms with Crippen LogP contribution in [-0.4, -0.2) is 11.3 Å². The van der Waals surface area contributed by atoms with Gasteiger partial charge >= 0.3 is 0 Å². The Balaban J connectivity index is 2.02. The summed E-state index contributed by atoms with van der Waals surface area (Å²) in [6.45, 7) is 0. The van der Waals surface area contributed by atoms with Gasteiger partial charge in [0.1, 0.15) is 5.69 Å². The standard InChI is InChI=1S/C14H13NO/c16-11-14-8-4-7-13(15-14)10-9-12-5-2-1-3-6-12/h1-8,11H,9-10H2. The number of hydrogen-bond donors (Lipinski definition) is 0. The van der Waals surface area contributed by atoms with Crippen LogP contribution in [0.2, 0.25) is 0 Å². The van der Waals surface area contributed by atoms with E-state index in [-0.39, 0.29) is 0 Å². The van der Waals surface area contributed by atoms with Gasteiger partial charge in [-0.3, -0.25) is 9.78 Å². The minimum absolute atomic E-state index is 0.505. The summed E-state index contributed by atoms with van der Waals surface area (Å²) in [7, 11) is 0. The molecule has 0 unspecified atom stereocenters. The molecule has 2 rings (SSSR count). The van der Waals surface area contributed by atoms with E-state index in [0.717, 1.165) is 24.8 Å². The van der Waals surface area contributed by atoms with Gasteiger partial charge in [-0.2, -0.15) is 0 Å². The van der Waals surface area contributed by atoms with Crippen molar-refractivity contribution in [2.75, 3.05) is 0 Å². The second kappa shape index (κ2) is 5.21. The number of aryl methyl sites for hydroxylation is 2. The van der Waals surface area contributed by atoms with Gasteiger partial charge in [-0.15, -0.1) is 0 Å². The van der Waals surface area contributed by atoms with Crippen LogP contribution in [-0.2, 0) is 12.8 Å². The van der Waals surface area contributed by atoms with Gasteiger partial charge in [0, 0.05) is 5.69 Å². The van der Waals surface area contributed by atoms with Crippen LogP contribution in [0, 0.1) is 0 Å². The Hall–Kier alpha value is -1.96. The van der Waals surface area contributed by atoms with E-state index < -0.39 is 0 Å². The van der Waals surface area contributed by atoms with Gasteiger partial charge in [0.15, 0.2) is 6.29 Å². The highest BCUT2D eigenvalue weighted by molar-refractivity contribution is 5.71. The number of carbonyl (C=O) groups excluding carboxylic acids is 1. The fourth-order valence-corrected chi connectivity index (χ4v) is 1.62. The highest BCUT2D eigenvalue weighted by atomic mass is 16.1. The van der Waals surface area contributed by atoms with Gasteiger partial charge in [0.25, 0.3) is 0 Å². The zero-order chi connectivity index (χ0) is 11.2. The van der Waals surface area contributed by atoms with E-state index in [1.165, 1.54) is 5.56 Å². The molecular weight excluding hydrogens is 198 g/mol. The summed E-state index contributed by atoms with van der Waals surface area (Å²) in [5, 5.41) is 0. The molecule has 0 aliphatic rings. The minimum Gasteiger partial charge on any atom is -0.296 e. The van der Waals surface area contributed by atoms with Crippen LogP contribution in [0.15, 0.2) is 48.5 Å². The number of nitrogens with zero attached hydrogens (tertiary/aromatic N) is 1. The normalized spacial score (nSPS) is 10.0. The van der Waals surface area contributed by atoms with Crippen molar-refractivity contribution in [2.45, 2.75) is 12.8 Å². The van der Waals surface area contributed by atoms with E-state index in [1.54, 1.807) is 6.07 Å². The molecule has 2 heteroatoms. The number of benzene rings is 1. The molecule has 16 heavy (non-hydrogen) atoms. The first-order valence-corrected chi connectivity index (χ1v) is 5.33. The monoisotopic (exact) mass is 211 g/mol. The summed E-state index contributed by atoms with van der Waals surface area (Å²) >= 11 is 0. The summed E-state index contributed by atoms with van der Waals surface area (Å²) in [5.74, 6) is 0. The van der Waals surface area contributed by atoms with Crippen LogP contribution >= 0.6 is 0 Å². The van der Waals surface area contributed by atoms with Gasteiger partial charge < -0.3 is 0 Å². The van der Waals surface area contributed by atoms with E-state index >= 15 is 0 Å². The summed E-state index contributed by atoms with van der Waals surface area (Å²) in [6.07, 6.45) is 2.61. The number of carbonyl (C=O) groups is 1. The largest absolute Gasteiger partial charge is 0.296 e. The summed E-state index contributed by atoms with van der Waals surface area (Å²) < 4.78 is 0. The quantitative estimate of drug-likeness (QED) is 0.728. The predicted molar refractivity (Wildman–Crippen MR) is 63.5 cm³/mol. The van der Waals surface area contributed by atoms with E-state index in [2.05, 4.69) is 17.1 Å². The fourth-order valence-electron chi connectivity index (χ4n) is 1.62. The molecule has 0 radical (unpaired) electrons. The third-order valence-corrected chi connectivity index (χ3v) is 2.46. The summed E-state index contributed by atoms with van der Waals surface area (Å²) in [5.41, 5.74) is 2.76. The molecule has 2 nitrogen and oxygen atoms in total. The molecule has 0 fully saturated rings. The molecule has 0 saturated carbocycles. The highest BCUT2D eigenvalue weighted by Crippen LogP contribution is 2.05. The SMILES string of the molecule is O=Cc1cccc(CCc2ccccc2)n1. The Labute approximate surface area is 95.0 Å². The Morgan fingerprint density at radius 2 is 1.75 bits per heavy atom. The molecule has 1 heterocycles. The number of aldehydes is 1. The van der Waals surface area contributed by atoms with Crippen LogP contribution in [0.1, 0.15) is 21.7 Å². The molecule has 1 aromatic carbocycles. The molecule has 0 N–H and O–H groups in total. The Morgan fingerprint density at radius 3 is 2.50 bits per heavy atom. The van der Waals surface area contributed by atoms with Crippen molar-refractivity contribution in [1.82, 2.24) is 4.98 Å². The highest BCUT2D eigenvalue weighted by Gasteiger charge is 1.98. The molecular formula is C14H13NO. The van der Waals surface area contributed by atoms with E-state index in [4.69, 9.17) is 0 Å². The average molecular weight is 211 g/mol. The minimum atomic E-state index is 0.505. The first-order chi connectivity index (χ1) is 7.88. The Bertz CT molecular complexity index is 465. The molecule has 0 bridgehead atoms. The van der Waals surface area contributed by atoms with E-state index in [9.17, 15) is 4.79 Å². The van der Waals surface area contributed by atoms with Crippen LogP contribution in [0.3, 0.4) is 0 Å². The molecule has 80 valence electrons. The summed E-state index contributed by atoms with van der Waals surface area (Å²) in [4.78, 5) is 14.8. The van der Waals surface area contributed by atoms with Crippen molar-refractivity contribution in [3.8, 4) is 0 Å². The lowest BCUT2D eigenvalue weighted by Crippen LogP contribution is -1.96. The molecule has 0 atom stereocenters. The topological polar surface area (TPSA) is 30.0 Å². The molecule has 0 aliphatic carbocycles. The van der Waals surface area contributed by atoms with Crippen molar-refractivity contribution >= 4 is 6.29 Å². The number of rotatable bonds is 4. The third kappa shape index (κ3) is 2.76. The molecule has 0 saturated heterocycles. The smallest absolute Gasteiger partial charge is 0.168 e. The van der Waals surface area contributed by atoms with Crippen molar-refractivity contribution < 1.29 is 4.79 Å². The zero-order valence-corrected chi connectivity index (χ0v) is 8.97. The maximum Gasteiger partial charge on any atom is 0.168 e. The van der Waals surface area contributed by atoms with Crippen molar-refractivity contribution in [3.63, 3.8) is 0 Å². The van der Waals surface area contributed by atoms with Crippen LogP contribution in [0.4, 0.5) is 0 Å². The maximum absolute atomic E-state index is 10.6. The Morgan fingerprint density at radius 1 is 0.938 bits per heavy atom. The van der Waals surface area contributed by atoms with Gasteiger partial charge in [-0.25, -0.2) is 0 Å². The first kappa shape index (κ1) is 10.6. The lowest BCUT2D eigenvalue weighted by atomic mass is 10.1. The average Bonchev–Trinajstić information content (AvgIpc) is 2.38. The van der Waals surface area contributed by atoms with Gasteiger partial charge in [-0.05, 0) is 30.5 Å². The van der Waals surface area contributed by atoms with Crippen molar-refractivity contribution in [1.29, 1.82) is 0 Å². The second-order valence-electron chi connectivity index (χ2n) is 3.66. The molecule has 0 amide bonds. The number of pyridine rings is 1. The van der Waals surface area contributed by atoms with E-state index in [0.29, 0.717) is 5.69 Å². The van der Waals surface area contributed by atoms with E-state index in [1.807, 2.05) is 30.3 Å². The fraction of sp³-hybridized carbons (Fsp3) is 0.143. The van der Waals surface area contributed by atoms with Crippen LogP contribution in [0.5, 0.6) is 0 Å². The van der Waals surface area contributed by atoms with Gasteiger partial charge in [0.2, 0.25) is 0 Å². The van der Waals surface area contributed by atoms with Crippen molar-refractivity contribution in [2.24, 2.45) is 0 Å². The first-order valence-electron chi connectivity index (χ1n) is 5.33. The van der Waals surface area contributed by atoms with Gasteiger partial charge in [-0.1, -0.05) is 36.4 Å². The number of aromatic nitrogens is 1. The van der Waals surface area contributed by atoms with Crippen LogP contribution < -0.4 is 0 Å². The molecule has 0 aliphatic heterocycles.